The van der Waals surface area contributed by atoms with Gasteiger partial charge in [-0.2, -0.15) is 0 Å². The molecule has 7 nitrogen and oxygen atoms in total. The van der Waals surface area contributed by atoms with Gasteiger partial charge in [0.2, 0.25) is 0 Å². The van der Waals surface area contributed by atoms with Crippen molar-refractivity contribution in [2.24, 2.45) is 5.16 Å². The number of carbonyl (C=O) groups excluding carboxylic acids is 2. The molecule has 0 radical (unpaired) electrons. The predicted molar refractivity (Wildman–Crippen MR) is 84.2 cm³/mol. The number of oxime groups is 1. The third-order valence-electron chi connectivity index (χ3n) is 3.42. The van der Waals surface area contributed by atoms with Gasteiger partial charge in [0.05, 0.1) is 43.2 Å². The van der Waals surface area contributed by atoms with Crippen LogP contribution in [0.25, 0.3) is 0 Å². The van der Waals surface area contributed by atoms with E-state index in [4.69, 9.17) is 14.7 Å². The molecule has 0 saturated carbocycles. The largest absolute Gasteiger partial charge is 0.466 e. The maximum absolute atomic E-state index is 12.3. The van der Waals surface area contributed by atoms with Crippen molar-refractivity contribution >= 4 is 29.5 Å². The minimum absolute atomic E-state index is 0.179. The number of nitrogens with zero attached hydrogens (tertiary/aromatic N) is 1. The van der Waals surface area contributed by atoms with Gasteiger partial charge in [-0.15, -0.1) is 11.3 Å². The zero-order valence-electron chi connectivity index (χ0n) is 12.8. The van der Waals surface area contributed by atoms with Crippen molar-refractivity contribution < 1.29 is 24.3 Å². The first-order valence-electron chi connectivity index (χ1n) is 6.64. The Bertz CT molecular complexity index is 703. The molecule has 0 amide bonds. The van der Waals surface area contributed by atoms with Gasteiger partial charge >= 0.3 is 11.9 Å². The van der Waals surface area contributed by atoms with Crippen molar-refractivity contribution in [2.45, 2.75) is 12.8 Å². The zero-order valence-corrected chi connectivity index (χ0v) is 13.6. The smallest absolute Gasteiger partial charge is 0.336 e. The third-order valence-corrected chi connectivity index (χ3v) is 4.36. The van der Waals surface area contributed by atoms with E-state index in [0.29, 0.717) is 11.3 Å². The standard InChI is InChI=1S/C15H16N2O5S/c1-8-11(14(18)21-2)13(10-5-4-6-23-10)12(15(19)22-3)9(17-8)7-16-20/h4-7,13,17,20H,1-3H3. The van der Waals surface area contributed by atoms with Crippen LogP contribution in [0.3, 0.4) is 0 Å². The number of allylic oxidation sites excluding steroid dienone is 2. The summed E-state index contributed by atoms with van der Waals surface area (Å²) in [6, 6.07) is 3.63. The first-order chi connectivity index (χ1) is 11.0. The highest BCUT2D eigenvalue weighted by atomic mass is 32.1. The molecule has 1 aliphatic heterocycles. The van der Waals surface area contributed by atoms with E-state index in [1.165, 1.54) is 25.6 Å². The van der Waals surface area contributed by atoms with Crippen molar-refractivity contribution in [1.82, 2.24) is 5.32 Å². The van der Waals surface area contributed by atoms with Crippen LogP contribution in [0, 0.1) is 0 Å². The molecule has 1 aromatic heterocycles. The molecule has 2 rings (SSSR count). The Morgan fingerprint density at radius 2 is 1.96 bits per heavy atom. The van der Waals surface area contributed by atoms with Crippen molar-refractivity contribution in [1.29, 1.82) is 0 Å². The molecule has 0 aromatic carbocycles. The maximum Gasteiger partial charge on any atom is 0.336 e. The van der Waals surface area contributed by atoms with E-state index in [2.05, 4.69) is 10.5 Å². The number of methoxy groups -OCH3 is 2. The van der Waals surface area contributed by atoms with E-state index in [9.17, 15) is 9.59 Å². The van der Waals surface area contributed by atoms with Crippen LogP contribution in [0.15, 0.2) is 45.2 Å². The van der Waals surface area contributed by atoms with Crippen LogP contribution in [-0.2, 0) is 19.1 Å². The fourth-order valence-corrected chi connectivity index (χ4v) is 3.31. The summed E-state index contributed by atoms with van der Waals surface area (Å²) in [5.74, 6) is -1.83. The van der Waals surface area contributed by atoms with Gasteiger partial charge in [-0.05, 0) is 18.4 Å². The number of carbonyl (C=O) groups is 2. The summed E-state index contributed by atoms with van der Waals surface area (Å²) in [6.45, 7) is 1.69. The molecule has 23 heavy (non-hydrogen) atoms. The number of rotatable bonds is 4. The SMILES string of the molecule is COC(=O)C1=C(C)NC(C=NO)=C(C(=O)OC)C1c1cccs1. The van der Waals surface area contributed by atoms with Crippen molar-refractivity contribution in [3.63, 3.8) is 0 Å². The minimum atomic E-state index is -0.663. The normalized spacial score (nSPS) is 18.1. The molecule has 8 heteroatoms. The predicted octanol–water partition coefficient (Wildman–Crippen LogP) is 1.77. The van der Waals surface area contributed by atoms with Gasteiger partial charge in [0.25, 0.3) is 0 Å². The molecule has 1 aliphatic rings. The van der Waals surface area contributed by atoms with Crippen molar-refractivity contribution in [3.05, 3.63) is 44.9 Å². The first kappa shape index (κ1) is 16.8. The number of ether oxygens (including phenoxy) is 2. The molecule has 1 unspecified atom stereocenters. The molecule has 1 aromatic rings. The van der Waals surface area contributed by atoms with E-state index in [-0.39, 0.29) is 11.3 Å². The maximum atomic E-state index is 12.3. The van der Waals surface area contributed by atoms with Crippen LogP contribution >= 0.6 is 11.3 Å². The Kier molecular flexibility index (Phi) is 5.17. The van der Waals surface area contributed by atoms with Gasteiger partial charge in [-0.25, -0.2) is 9.59 Å². The lowest BCUT2D eigenvalue weighted by atomic mass is 9.84. The Labute approximate surface area is 136 Å². The summed E-state index contributed by atoms with van der Waals surface area (Å²) in [4.78, 5) is 25.3. The van der Waals surface area contributed by atoms with Gasteiger partial charge in [-0.1, -0.05) is 11.2 Å². The Morgan fingerprint density at radius 1 is 1.30 bits per heavy atom. The van der Waals surface area contributed by atoms with Gasteiger partial charge in [0.1, 0.15) is 0 Å². The topological polar surface area (TPSA) is 97.2 Å². The summed E-state index contributed by atoms with van der Waals surface area (Å²) in [7, 11) is 2.53. The molecule has 2 heterocycles. The highest BCUT2D eigenvalue weighted by Crippen LogP contribution is 2.40. The Balaban J connectivity index is 2.71. The average Bonchev–Trinajstić information content (AvgIpc) is 3.07. The van der Waals surface area contributed by atoms with Crippen LogP contribution < -0.4 is 5.32 Å². The van der Waals surface area contributed by atoms with Gasteiger partial charge in [0.15, 0.2) is 0 Å². The first-order valence-corrected chi connectivity index (χ1v) is 7.52. The Hall–Kier alpha value is -2.61. The van der Waals surface area contributed by atoms with Crippen LogP contribution in [-0.4, -0.2) is 37.6 Å². The molecule has 0 saturated heterocycles. The number of hydrogen-bond acceptors (Lipinski definition) is 8. The lowest BCUT2D eigenvalue weighted by Gasteiger charge is -2.28. The fraction of sp³-hybridized carbons (Fsp3) is 0.267. The van der Waals surface area contributed by atoms with Crippen LogP contribution in [0.2, 0.25) is 0 Å². The van der Waals surface area contributed by atoms with E-state index < -0.39 is 17.9 Å². The Morgan fingerprint density at radius 3 is 2.48 bits per heavy atom. The van der Waals surface area contributed by atoms with Crippen LogP contribution in [0.5, 0.6) is 0 Å². The number of thiophene rings is 1. The average molecular weight is 336 g/mol. The van der Waals surface area contributed by atoms with E-state index >= 15 is 0 Å². The lowest BCUT2D eigenvalue weighted by molar-refractivity contribution is -0.137. The quantitative estimate of drug-likeness (QED) is 0.376. The summed E-state index contributed by atoms with van der Waals surface area (Å²) >= 11 is 1.40. The monoisotopic (exact) mass is 336 g/mol. The number of hydrogen-bond donors (Lipinski definition) is 2. The molecule has 0 spiro atoms. The van der Waals surface area contributed by atoms with Crippen molar-refractivity contribution in [3.8, 4) is 0 Å². The highest BCUT2D eigenvalue weighted by Gasteiger charge is 2.38. The highest BCUT2D eigenvalue weighted by molar-refractivity contribution is 7.10. The summed E-state index contributed by atoms with van der Waals surface area (Å²) in [6.07, 6.45) is 1.10. The molecule has 122 valence electrons. The van der Waals surface area contributed by atoms with Gasteiger partial charge in [0, 0.05) is 10.6 Å². The molecule has 0 aliphatic carbocycles. The molecule has 2 N–H and O–H groups in total. The summed E-state index contributed by atoms with van der Waals surface area (Å²) in [5, 5.41) is 16.6. The van der Waals surface area contributed by atoms with Crippen molar-refractivity contribution in [2.75, 3.05) is 14.2 Å². The molecular formula is C15H16N2O5S. The lowest BCUT2D eigenvalue weighted by Crippen LogP contribution is -2.33. The third kappa shape index (κ3) is 3.11. The second-order valence-corrected chi connectivity index (χ2v) is 5.65. The molecule has 0 fully saturated rings. The second-order valence-electron chi connectivity index (χ2n) is 4.67. The number of nitrogens with one attached hydrogen (secondary N) is 1. The fourth-order valence-electron chi connectivity index (χ4n) is 2.47. The van der Waals surface area contributed by atoms with E-state index in [0.717, 1.165) is 11.1 Å². The van der Waals surface area contributed by atoms with Crippen LogP contribution in [0.4, 0.5) is 0 Å². The molecular weight excluding hydrogens is 320 g/mol. The van der Waals surface area contributed by atoms with Gasteiger partial charge < -0.3 is 20.0 Å². The van der Waals surface area contributed by atoms with Crippen LogP contribution in [0.1, 0.15) is 17.7 Å². The second kappa shape index (κ2) is 7.10. The summed E-state index contributed by atoms with van der Waals surface area (Å²) < 4.78 is 9.70. The molecule has 1 atom stereocenters. The minimum Gasteiger partial charge on any atom is -0.466 e. The van der Waals surface area contributed by atoms with E-state index in [1.54, 1.807) is 6.92 Å². The number of dihydropyridines is 1. The van der Waals surface area contributed by atoms with Gasteiger partial charge in [-0.3, -0.25) is 0 Å². The zero-order chi connectivity index (χ0) is 17.0. The number of esters is 2. The summed E-state index contributed by atoms with van der Waals surface area (Å²) in [5.41, 5.74) is 1.27. The van der Waals surface area contributed by atoms with E-state index in [1.807, 2.05) is 17.5 Å². The molecule has 0 bridgehead atoms.